The van der Waals surface area contributed by atoms with Crippen molar-refractivity contribution >= 4 is 11.8 Å². The summed E-state index contributed by atoms with van der Waals surface area (Å²) < 4.78 is 0. The molecule has 0 amide bonds. The smallest absolute Gasteiger partial charge is 0.0129 e. The van der Waals surface area contributed by atoms with Crippen LogP contribution in [0.15, 0.2) is 0 Å². The predicted molar refractivity (Wildman–Crippen MR) is 64.5 cm³/mol. The molecule has 0 saturated carbocycles. The van der Waals surface area contributed by atoms with Crippen molar-refractivity contribution in [2.45, 2.75) is 46.6 Å². The third-order valence-corrected chi connectivity index (χ3v) is 3.17. The van der Waals surface area contributed by atoms with Gasteiger partial charge in [0.15, 0.2) is 0 Å². The van der Waals surface area contributed by atoms with Crippen LogP contribution in [0, 0.1) is 5.92 Å². The largest absolute Gasteiger partial charge is 0.313 e. The van der Waals surface area contributed by atoms with Crippen molar-refractivity contribution in [1.29, 1.82) is 0 Å². The van der Waals surface area contributed by atoms with Crippen LogP contribution in [0.2, 0.25) is 0 Å². The maximum atomic E-state index is 3.55. The van der Waals surface area contributed by atoms with Crippen LogP contribution in [0.5, 0.6) is 0 Å². The first-order valence-electron chi connectivity index (χ1n) is 5.48. The molecule has 0 bridgehead atoms. The zero-order valence-corrected chi connectivity index (χ0v) is 10.4. The Morgan fingerprint density at radius 1 is 1.23 bits per heavy atom. The van der Waals surface area contributed by atoms with E-state index in [9.17, 15) is 0 Å². The van der Waals surface area contributed by atoms with Gasteiger partial charge in [-0.25, -0.2) is 0 Å². The van der Waals surface area contributed by atoms with Crippen LogP contribution in [-0.4, -0.2) is 24.1 Å². The van der Waals surface area contributed by atoms with E-state index in [1.54, 1.807) is 0 Å². The second-order valence-electron chi connectivity index (χ2n) is 4.05. The fourth-order valence-electron chi connectivity index (χ4n) is 1.21. The van der Waals surface area contributed by atoms with E-state index >= 15 is 0 Å². The summed E-state index contributed by atoms with van der Waals surface area (Å²) in [7, 11) is 0. The van der Waals surface area contributed by atoms with Gasteiger partial charge in [0.1, 0.15) is 0 Å². The van der Waals surface area contributed by atoms with Crippen LogP contribution < -0.4 is 5.32 Å². The molecule has 1 unspecified atom stereocenters. The first-order chi connectivity index (χ1) is 6.16. The number of nitrogens with one attached hydrogen (secondary N) is 1. The highest BCUT2D eigenvalue weighted by molar-refractivity contribution is 7.99. The van der Waals surface area contributed by atoms with Crippen LogP contribution in [-0.2, 0) is 0 Å². The molecule has 0 radical (unpaired) electrons. The third-order valence-electron chi connectivity index (χ3n) is 2.02. The Bertz CT molecular complexity index is 104. The van der Waals surface area contributed by atoms with E-state index in [1.807, 2.05) is 11.8 Å². The van der Waals surface area contributed by atoms with E-state index in [2.05, 4.69) is 33.0 Å². The molecular weight excluding hydrogens is 178 g/mol. The van der Waals surface area contributed by atoms with Crippen LogP contribution in [0.1, 0.15) is 40.5 Å². The summed E-state index contributed by atoms with van der Waals surface area (Å²) in [4.78, 5) is 0. The van der Waals surface area contributed by atoms with Gasteiger partial charge in [-0.1, -0.05) is 20.8 Å². The topological polar surface area (TPSA) is 12.0 Å². The number of hydrogen-bond acceptors (Lipinski definition) is 2. The standard InChI is InChI=1S/C11H25NS/c1-5-13-9-11(4)12-8-6-7-10(2)3/h10-12H,5-9H2,1-4H3. The maximum Gasteiger partial charge on any atom is 0.0129 e. The average Bonchev–Trinajstić information content (AvgIpc) is 2.08. The van der Waals surface area contributed by atoms with Gasteiger partial charge in [0, 0.05) is 11.8 Å². The number of rotatable bonds is 8. The van der Waals surface area contributed by atoms with Crippen molar-refractivity contribution in [2.75, 3.05) is 18.1 Å². The minimum Gasteiger partial charge on any atom is -0.313 e. The lowest BCUT2D eigenvalue weighted by Crippen LogP contribution is -2.29. The van der Waals surface area contributed by atoms with Gasteiger partial charge in [-0.2, -0.15) is 11.8 Å². The summed E-state index contributed by atoms with van der Waals surface area (Å²) in [6, 6.07) is 0.678. The minimum absolute atomic E-state index is 0.678. The summed E-state index contributed by atoms with van der Waals surface area (Å²) in [6.07, 6.45) is 2.67. The Labute approximate surface area is 88.1 Å². The lowest BCUT2D eigenvalue weighted by atomic mass is 10.1. The maximum absolute atomic E-state index is 3.55. The number of thioether (sulfide) groups is 1. The Hall–Kier alpha value is 0.310. The first kappa shape index (κ1) is 13.3. The van der Waals surface area contributed by atoms with Crippen LogP contribution in [0.25, 0.3) is 0 Å². The average molecular weight is 203 g/mol. The van der Waals surface area contributed by atoms with Crippen molar-refractivity contribution < 1.29 is 0 Å². The van der Waals surface area contributed by atoms with Gasteiger partial charge < -0.3 is 5.32 Å². The molecule has 0 aliphatic rings. The Kier molecular flexibility index (Phi) is 9.10. The molecular formula is C11H25NS. The molecule has 0 aliphatic heterocycles. The van der Waals surface area contributed by atoms with Crippen molar-refractivity contribution in [1.82, 2.24) is 5.32 Å². The number of hydrogen-bond donors (Lipinski definition) is 1. The molecule has 0 aromatic rings. The SMILES string of the molecule is CCSCC(C)NCCCC(C)C. The van der Waals surface area contributed by atoms with E-state index in [0.717, 1.165) is 5.92 Å². The molecule has 1 atom stereocenters. The van der Waals surface area contributed by atoms with E-state index in [1.165, 1.54) is 30.9 Å². The zero-order valence-electron chi connectivity index (χ0n) is 9.60. The molecule has 0 aromatic carbocycles. The van der Waals surface area contributed by atoms with Crippen molar-refractivity contribution in [3.63, 3.8) is 0 Å². The van der Waals surface area contributed by atoms with Gasteiger partial charge in [0.05, 0.1) is 0 Å². The van der Waals surface area contributed by atoms with Crippen molar-refractivity contribution in [3.8, 4) is 0 Å². The van der Waals surface area contributed by atoms with Crippen molar-refractivity contribution in [2.24, 2.45) is 5.92 Å². The lowest BCUT2D eigenvalue weighted by molar-refractivity contribution is 0.505. The van der Waals surface area contributed by atoms with E-state index in [0.29, 0.717) is 6.04 Å². The molecule has 0 rings (SSSR count). The van der Waals surface area contributed by atoms with Crippen molar-refractivity contribution in [3.05, 3.63) is 0 Å². The molecule has 2 heteroatoms. The van der Waals surface area contributed by atoms with E-state index < -0.39 is 0 Å². The lowest BCUT2D eigenvalue weighted by Gasteiger charge is -2.13. The van der Waals surface area contributed by atoms with Gasteiger partial charge >= 0.3 is 0 Å². The van der Waals surface area contributed by atoms with Crippen LogP contribution in [0.4, 0.5) is 0 Å². The van der Waals surface area contributed by atoms with E-state index in [4.69, 9.17) is 0 Å². The Morgan fingerprint density at radius 2 is 1.92 bits per heavy atom. The van der Waals surface area contributed by atoms with Gasteiger partial charge in [-0.3, -0.25) is 0 Å². The summed E-state index contributed by atoms with van der Waals surface area (Å²) in [6.45, 7) is 10.3. The molecule has 0 saturated heterocycles. The first-order valence-corrected chi connectivity index (χ1v) is 6.63. The highest BCUT2D eigenvalue weighted by Gasteiger charge is 2.00. The highest BCUT2D eigenvalue weighted by Crippen LogP contribution is 2.04. The normalized spacial score (nSPS) is 13.6. The third kappa shape index (κ3) is 10.2. The predicted octanol–water partition coefficient (Wildman–Crippen LogP) is 3.15. The second kappa shape index (κ2) is 8.89. The quantitative estimate of drug-likeness (QED) is 0.608. The molecule has 80 valence electrons. The Balaban J connectivity index is 3.12. The zero-order chi connectivity index (χ0) is 10.1. The molecule has 0 aromatic heterocycles. The fourth-order valence-corrected chi connectivity index (χ4v) is 1.92. The molecule has 0 spiro atoms. The fraction of sp³-hybridized carbons (Fsp3) is 1.00. The second-order valence-corrected chi connectivity index (χ2v) is 5.37. The van der Waals surface area contributed by atoms with Crippen LogP contribution >= 0.6 is 11.8 Å². The van der Waals surface area contributed by atoms with Gasteiger partial charge in [-0.05, 0) is 38.0 Å². The summed E-state index contributed by atoms with van der Waals surface area (Å²) >= 11 is 2.02. The molecule has 13 heavy (non-hydrogen) atoms. The summed E-state index contributed by atoms with van der Waals surface area (Å²) in [5.41, 5.74) is 0. The summed E-state index contributed by atoms with van der Waals surface area (Å²) in [5.74, 6) is 3.33. The van der Waals surface area contributed by atoms with Gasteiger partial charge in [-0.15, -0.1) is 0 Å². The van der Waals surface area contributed by atoms with Gasteiger partial charge in [0.25, 0.3) is 0 Å². The minimum atomic E-state index is 0.678. The highest BCUT2D eigenvalue weighted by atomic mass is 32.2. The molecule has 1 nitrogen and oxygen atoms in total. The molecule has 0 aliphatic carbocycles. The summed E-state index contributed by atoms with van der Waals surface area (Å²) in [5, 5.41) is 3.55. The molecule has 0 heterocycles. The molecule has 1 N–H and O–H groups in total. The molecule has 0 fully saturated rings. The van der Waals surface area contributed by atoms with Gasteiger partial charge in [0.2, 0.25) is 0 Å². The van der Waals surface area contributed by atoms with Crippen LogP contribution in [0.3, 0.4) is 0 Å². The Morgan fingerprint density at radius 3 is 2.46 bits per heavy atom. The monoisotopic (exact) mass is 203 g/mol. The van der Waals surface area contributed by atoms with E-state index in [-0.39, 0.29) is 0 Å².